The Kier molecular flexibility index (Phi) is 8.74. The van der Waals surface area contributed by atoms with E-state index in [0.29, 0.717) is 10.9 Å². The van der Waals surface area contributed by atoms with Gasteiger partial charge < -0.3 is 15.3 Å². The quantitative estimate of drug-likeness (QED) is 0.468. The van der Waals surface area contributed by atoms with Gasteiger partial charge in [-0.1, -0.05) is 36.9 Å². The van der Waals surface area contributed by atoms with E-state index in [0.717, 1.165) is 0 Å². The molecule has 0 saturated carbocycles. The lowest BCUT2D eigenvalue weighted by Crippen LogP contribution is -2.10. The van der Waals surface area contributed by atoms with Gasteiger partial charge in [-0.3, -0.25) is 0 Å². The third kappa shape index (κ3) is 7.73. The van der Waals surface area contributed by atoms with Crippen LogP contribution in [-0.2, 0) is 16.6 Å². The molecular formula is C13H19NO3S. The van der Waals surface area contributed by atoms with Crippen LogP contribution in [-0.4, -0.2) is 16.6 Å². The highest BCUT2D eigenvalue weighted by atomic mass is 32.2. The highest BCUT2D eigenvalue weighted by molar-refractivity contribution is 7.96. The van der Waals surface area contributed by atoms with Gasteiger partial charge in [0.15, 0.2) is 0 Å². The van der Waals surface area contributed by atoms with Gasteiger partial charge in [0.2, 0.25) is 0 Å². The molecule has 0 saturated heterocycles. The minimum atomic E-state index is -1.75. The number of hydrogen-bond donors (Lipinski definition) is 0. The van der Waals surface area contributed by atoms with Gasteiger partial charge >= 0.3 is 0 Å². The summed E-state index contributed by atoms with van der Waals surface area (Å²) >= 11 is 0. The summed E-state index contributed by atoms with van der Waals surface area (Å²) in [5, 5.41) is 14.8. The molecule has 1 rings (SSSR count). The first-order chi connectivity index (χ1) is 8.53. The number of benzene rings is 1. The normalized spacial score (nSPS) is 9.50. The van der Waals surface area contributed by atoms with Gasteiger partial charge in [-0.15, -0.1) is 0 Å². The van der Waals surface area contributed by atoms with Crippen LogP contribution >= 0.6 is 0 Å². The zero-order valence-electron chi connectivity index (χ0n) is 10.8. The molecule has 0 aliphatic carbocycles. The average Bonchev–Trinajstić information content (AvgIpc) is 2.36. The Morgan fingerprint density at radius 1 is 1.22 bits per heavy atom. The molecule has 0 amide bonds. The van der Waals surface area contributed by atoms with Crippen molar-refractivity contribution in [2.75, 3.05) is 11.5 Å². The lowest BCUT2D eigenvalue weighted by atomic mass is 10.1. The van der Waals surface area contributed by atoms with Gasteiger partial charge in [-0.2, -0.15) is 0 Å². The number of rotatable bonds is 5. The molecule has 0 atom stereocenters. The molecule has 100 valence electrons. The Morgan fingerprint density at radius 3 is 2.00 bits per heavy atom. The minimum absolute atomic E-state index is 0.576. The fraction of sp³-hybridized carbons (Fsp3) is 0.385. The van der Waals surface area contributed by atoms with Gasteiger partial charge in [-0.05, 0) is 30.3 Å². The maximum Gasteiger partial charge on any atom is 0.133 e. The summed E-state index contributed by atoms with van der Waals surface area (Å²) in [5.74, 6) is 3.85. The summed E-state index contributed by atoms with van der Waals surface area (Å²) in [6, 6.07) is 8.75. The van der Waals surface area contributed by atoms with Crippen molar-refractivity contribution in [3.05, 3.63) is 57.3 Å². The summed E-state index contributed by atoms with van der Waals surface area (Å²) in [4.78, 5) is 8.25. The monoisotopic (exact) mass is 269 g/mol. The summed E-state index contributed by atoms with van der Waals surface area (Å²) in [6.45, 7) is 8.32. The minimum Gasteiger partial charge on any atom is -0.356 e. The summed E-state index contributed by atoms with van der Waals surface area (Å²) in [5.41, 5.74) is 2.67. The van der Waals surface area contributed by atoms with Crippen LogP contribution in [0, 0.1) is 15.3 Å². The molecule has 5 heteroatoms. The fourth-order valence-electron chi connectivity index (χ4n) is 1.39. The van der Waals surface area contributed by atoms with Gasteiger partial charge in [0.1, 0.15) is 17.3 Å². The zero-order valence-corrected chi connectivity index (χ0v) is 11.6. The van der Waals surface area contributed by atoms with Crippen molar-refractivity contribution in [3.8, 4) is 0 Å². The molecule has 0 aliphatic rings. The van der Waals surface area contributed by atoms with Crippen molar-refractivity contribution in [2.45, 2.75) is 19.6 Å². The van der Waals surface area contributed by atoms with Crippen LogP contribution in [0.15, 0.2) is 30.8 Å². The van der Waals surface area contributed by atoms with Crippen molar-refractivity contribution in [2.24, 2.45) is 0 Å². The Labute approximate surface area is 111 Å². The van der Waals surface area contributed by atoms with Crippen LogP contribution in [0.1, 0.15) is 25.0 Å². The van der Waals surface area contributed by atoms with E-state index in [2.05, 4.69) is 44.7 Å². The molecule has 18 heavy (non-hydrogen) atoms. The van der Waals surface area contributed by atoms with E-state index in [1.807, 2.05) is 6.08 Å². The van der Waals surface area contributed by atoms with E-state index in [1.165, 1.54) is 28.4 Å². The molecule has 4 nitrogen and oxygen atoms in total. The second-order valence-electron chi connectivity index (χ2n) is 3.50. The maximum absolute atomic E-state index is 8.25. The SMILES string of the molecule is C=Cc1ccc(C[S+](CC)CC)cc1.O=[N+]([O-])[O-]. The second kappa shape index (κ2) is 9.53. The summed E-state index contributed by atoms with van der Waals surface area (Å²) in [7, 11) is 0.576. The topological polar surface area (TPSA) is 66.2 Å². The third-order valence-corrected chi connectivity index (χ3v) is 4.78. The number of nitrogens with zero attached hydrogens (tertiary/aromatic N) is 1. The molecule has 0 heterocycles. The molecule has 0 aromatic heterocycles. The molecule has 0 unspecified atom stereocenters. The molecule has 0 radical (unpaired) electrons. The smallest absolute Gasteiger partial charge is 0.133 e. The lowest BCUT2D eigenvalue weighted by Gasteiger charge is -2.04. The molecule has 0 bridgehead atoms. The van der Waals surface area contributed by atoms with Gasteiger partial charge in [0, 0.05) is 5.56 Å². The van der Waals surface area contributed by atoms with Crippen LogP contribution in [0.4, 0.5) is 0 Å². The summed E-state index contributed by atoms with van der Waals surface area (Å²) in [6.07, 6.45) is 1.89. The van der Waals surface area contributed by atoms with Crippen molar-refractivity contribution >= 4 is 17.0 Å². The molecule has 0 fully saturated rings. The fourth-order valence-corrected chi connectivity index (χ4v) is 2.87. The molecular weight excluding hydrogens is 250 g/mol. The van der Waals surface area contributed by atoms with Gasteiger partial charge in [0.25, 0.3) is 0 Å². The van der Waals surface area contributed by atoms with Crippen molar-refractivity contribution in [1.82, 2.24) is 0 Å². The molecule has 0 aliphatic heterocycles. The first-order valence-corrected chi connectivity index (χ1v) is 7.43. The maximum atomic E-state index is 8.25. The van der Waals surface area contributed by atoms with Gasteiger partial charge in [0.05, 0.1) is 5.09 Å². The first kappa shape index (κ1) is 16.5. The Morgan fingerprint density at radius 2 is 1.67 bits per heavy atom. The standard InChI is InChI=1S/C13H19S.NO3/c1-4-12-7-9-13(10-8-12)11-14(5-2)6-3;2-1(3)4/h4,7-10H,1,5-6,11H2,2-3H3;/q+1;-1. The van der Waals surface area contributed by atoms with E-state index >= 15 is 0 Å². The van der Waals surface area contributed by atoms with Crippen LogP contribution in [0.3, 0.4) is 0 Å². The first-order valence-electron chi connectivity index (χ1n) is 5.70. The molecule has 0 N–H and O–H groups in total. The highest BCUT2D eigenvalue weighted by Gasteiger charge is 2.12. The molecule has 0 spiro atoms. The van der Waals surface area contributed by atoms with Crippen LogP contribution in [0.5, 0.6) is 0 Å². The van der Waals surface area contributed by atoms with Crippen molar-refractivity contribution in [1.29, 1.82) is 0 Å². The van der Waals surface area contributed by atoms with Crippen LogP contribution in [0.2, 0.25) is 0 Å². The molecule has 1 aromatic rings. The Balaban J connectivity index is 0.000000631. The average molecular weight is 269 g/mol. The van der Waals surface area contributed by atoms with Crippen LogP contribution < -0.4 is 0 Å². The largest absolute Gasteiger partial charge is 0.356 e. The van der Waals surface area contributed by atoms with Crippen molar-refractivity contribution in [3.63, 3.8) is 0 Å². The van der Waals surface area contributed by atoms with Crippen LogP contribution in [0.25, 0.3) is 6.08 Å². The Bertz CT molecular complexity index is 357. The van der Waals surface area contributed by atoms with Crippen molar-refractivity contribution < 1.29 is 5.09 Å². The second-order valence-corrected chi connectivity index (χ2v) is 6.17. The zero-order chi connectivity index (χ0) is 14.0. The predicted molar refractivity (Wildman–Crippen MR) is 79.0 cm³/mol. The Hall–Kier alpha value is -1.49. The molecule has 1 aromatic carbocycles. The van der Waals surface area contributed by atoms with E-state index in [9.17, 15) is 0 Å². The van der Waals surface area contributed by atoms with E-state index < -0.39 is 5.09 Å². The number of hydrogen-bond acceptors (Lipinski definition) is 3. The lowest BCUT2D eigenvalue weighted by molar-refractivity contribution is -0.402. The van der Waals surface area contributed by atoms with E-state index in [1.54, 1.807) is 0 Å². The highest BCUT2D eigenvalue weighted by Crippen LogP contribution is 2.11. The predicted octanol–water partition coefficient (Wildman–Crippen LogP) is 3.25. The van der Waals surface area contributed by atoms with Gasteiger partial charge in [-0.25, -0.2) is 0 Å². The summed E-state index contributed by atoms with van der Waals surface area (Å²) < 4.78 is 0. The van der Waals surface area contributed by atoms with E-state index in [4.69, 9.17) is 15.3 Å². The third-order valence-electron chi connectivity index (χ3n) is 2.40. The van der Waals surface area contributed by atoms with E-state index in [-0.39, 0.29) is 0 Å².